The van der Waals surface area contributed by atoms with Gasteiger partial charge in [-0.3, -0.25) is 14.7 Å². The highest BCUT2D eigenvalue weighted by Gasteiger charge is 2.31. The number of H-pyrrole nitrogens is 1. The molecule has 2 aromatic rings. The number of nitrogens with one attached hydrogen (secondary N) is 2. The van der Waals surface area contributed by atoms with Crippen LogP contribution in [0, 0.1) is 0 Å². The number of fused-ring (bicyclic) bond motifs is 1. The average molecular weight is 291 g/mol. The van der Waals surface area contributed by atoms with Crippen LogP contribution >= 0.6 is 0 Å². The summed E-state index contributed by atoms with van der Waals surface area (Å²) in [5.74, 6) is -1.45. The molecule has 1 unspecified atom stereocenters. The third kappa shape index (κ3) is 3.38. The van der Waals surface area contributed by atoms with Crippen LogP contribution in [-0.2, 0) is 9.53 Å². The molecule has 0 aliphatic rings. The number of aliphatic carboxylic acids is 1. The molecule has 0 bridgehead atoms. The fourth-order valence-electron chi connectivity index (χ4n) is 2.25. The summed E-state index contributed by atoms with van der Waals surface area (Å²) in [5.41, 5.74) is -0.0230. The molecule has 2 rings (SSSR count). The molecule has 3 N–H and O–H groups in total. The van der Waals surface area contributed by atoms with Gasteiger partial charge in [-0.25, -0.2) is 0 Å². The molecular weight excluding hydrogens is 274 g/mol. The SMILES string of the molecule is COCC(C)(CC(=O)O)NC(=O)c1n[nH]c2ccccc12. The van der Waals surface area contributed by atoms with Crippen LogP contribution < -0.4 is 5.32 Å². The van der Waals surface area contributed by atoms with Crippen LogP contribution in [0.1, 0.15) is 23.8 Å². The molecule has 7 heteroatoms. The van der Waals surface area contributed by atoms with E-state index in [-0.39, 0.29) is 18.7 Å². The summed E-state index contributed by atoms with van der Waals surface area (Å²) in [6, 6.07) is 7.23. The summed E-state index contributed by atoms with van der Waals surface area (Å²) in [7, 11) is 1.45. The third-order valence-corrected chi connectivity index (χ3v) is 3.11. The van der Waals surface area contributed by atoms with Gasteiger partial charge in [0.15, 0.2) is 5.69 Å². The van der Waals surface area contributed by atoms with Crippen LogP contribution in [0.5, 0.6) is 0 Å². The third-order valence-electron chi connectivity index (χ3n) is 3.11. The van der Waals surface area contributed by atoms with Crippen molar-refractivity contribution in [2.45, 2.75) is 18.9 Å². The van der Waals surface area contributed by atoms with Crippen LogP contribution in [-0.4, -0.2) is 46.4 Å². The fourth-order valence-corrected chi connectivity index (χ4v) is 2.25. The minimum Gasteiger partial charge on any atom is -0.481 e. The molecular formula is C14H17N3O4. The zero-order valence-electron chi connectivity index (χ0n) is 11.8. The van der Waals surface area contributed by atoms with Gasteiger partial charge < -0.3 is 15.2 Å². The first-order valence-electron chi connectivity index (χ1n) is 6.41. The van der Waals surface area contributed by atoms with E-state index in [0.29, 0.717) is 5.39 Å². The molecule has 0 saturated heterocycles. The predicted molar refractivity (Wildman–Crippen MR) is 76.1 cm³/mol. The normalized spacial score (nSPS) is 13.8. The van der Waals surface area contributed by atoms with Gasteiger partial charge in [-0.15, -0.1) is 0 Å². The summed E-state index contributed by atoms with van der Waals surface area (Å²) in [4.78, 5) is 23.3. The number of hydrogen-bond acceptors (Lipinski definition) is 4. The Hall–Kier alpha value is -2.41. The fraction of sp³-hybridized carbons (Fsp3) is 0.357. The van der Waals surface area contributed by atoms with E-state index in [1.54, 1.807) is 19.1 Å². The largest absolute Gasteiger partial charge is 0.481 e. The van der Waals surface area contributed by atoms with E-state index in [1.165, 1.54) is 7.11 Å². The smallest absolute Gasteiger partial charge is 0.305 e. The van der Waals surface area contributed by atoms with Gasteiger partial charge >= 0.3 is 5.97 Å². The van der Waals surface area contributed by atoms with E-state index >= 15 is 0 Å². The quantitative estimate of drug-likeness (QED) is 0.741. The molecule has 21 heavy (non-hydrogen) atoms. The number of ether oxygens (including phenoxy) is 1. The van der Waals surface area contributed by atoms with Crippen molar-refractivity contribution in [2.75, 3.05) is 13.7 Å². The van der Waals surface area contributed by atoms with Crippen LogP contribution in [0.3, 0.4) is 0 Å². The Morgan fingerprint density at radius 2 is 2.14 bits per heavy atom. The summed E-state index contributed by atoms with van der Waals surface area (Å²) < 4.78 is 5.01. The highest BCUT2D eigenvalue weighted by Crippen LogP contribution is 2.17. The Morgan fingerprint density at radius 3 is 2.81 bits per heavy atom. The molecule has 1 heterocycles. The lowest BCUT2D eigenvalue weighted by Crippen LogP contribution is -2.50. The minimum atomic E-state index is -1.01. The van der Waals surface area contributed by atoms with Crippen molar-refractivity contribution in [1.82, 2.24) is 15.5 Å². The van der Waals surface area contributed by atoms with Crippen molar-refractivity contribution in [2.24, 2.45) is 0 Å². The Bertz CT molecular complexity index is 667. The number of carboxylic acids is 1. The first-order chi connectivity index (χ1) is 9.95. The van der Waals surface area contributed by atoms with E-state index in [2.05, 4.69) is 15.5 Å². The van der Waals surface area contributed by atoms with E-state index in [9.17, 15) is 9.59 Å². The van der Waals surface area contributed by atoms with E-state index in [1.807, 2.05) is 12.1 Å². The lowest BCUT2D eigenvalue weighted by Gasteiger charge is -2.28. The monoisotopic (exact) mass is 291 g/mol. The summed E-state index contributed by atoms with van der Waals surface area (Å²) in [6.45, 7) is 1.71. The zero-order chi connectivity index (χ0) is 15.5. The van der Waals surface area contributed by atoms with Crippen molar-refractivity contribution < 1.29 is 19.4 Å². The van der Waals surface area contributed by atoms with E-state index in [4.69, 9.17) is 9.84 Å². The van der Waals surface area contributed by atoms with Crippen LogP contribution in [0.25, 0.3) is 10.9 Å². The molecule has 1 atom stereocenters. The number of hydrogen-bond donors (Lipinski definition) is 3. The minimum absolute atomic E-state index is 0.0907. The number of carbonyl (C=O) groups excluding carboxylic acids is 1. The maximum atomic E-state index is 12.3. The molecule has 1 aromatic heterocycles. The Labute approximate surface area is 121 Å². The van der Waals surface area contributed by atoms with Crippen molar-refractivity contribution in [3.05, 3.63) is 30.0 Å². The number of aromatic nitrogens is 2. The van der Waals surface area contributed by atoms with Crippen molar-refractivity contribution in [3.63, 3.8) is 0 Å². The molecule has 1 amide bonds. The molecule has 112 valence electrons. The summed E-state index contributed by atoms with van der Waals surface area (Å²) >= 11 is 0. The molecule has 0 saturated carbocycles. The van der Waals surface area contributed by atoms with Crippen LogP contribution in [0.2, 0.25) is 0 Å². The van der Waals surface area contributed by atoms with Gasteiger partial charge in [0.2, 0.25) is 0 Å². The van der Waals surface area contributed by atoms with Crippen LogP contribution in [0.4, 0.5) is 0 Å². The number of carbonyl (C=O) groups is 2. The molecule has 7 nitrogen and oxygen atoms in total. The maximum Gasteiger partial charge on any atom is 0.305 e. The molecule has 0 spiro atoms. The lowest BCUT2D eigenvalue weighted by molar-refractivity contribution is -0.139. The molecule has 0 aliphatic heterocycles. The van der Waals surface area contributed by atoms with Gasteiger partial charge in [0.05, 0.1) is 24.1 Å². The second kappa shape index (κ2) is 5.92. The van der Waals surface area contributed by atoms with E-state index in [0.717, 1.165) is 5.52 Å². The number of carboxylic acid groups (broad SMARTS) is 1. The molecule has 0 aliphatic carbocycles. The van der Waals surface area contributed by atoms with Gasteiger partial charge in [-0.2, -0.15) is 5.10 Å². The number of nitrogens with zero attached hydrogens (tertiary/aromatic N) is 1. The molecule has 1 aromatic carbocycles. The number of aromatic amines is 1. The number of para-hydroxylation sites is 1. The summed E-state index contributed by atoms with van der Waals surface area (Å²) in [6.07, 6.45) is -0.241. The Morgan fingerprint density at radius 1 is 1.43 bits per heavy atom. The second-order valence-electron chi connectivity index (χ2n) is 5.14. The van der Waals surface area contributed by atoms with Crippen LogP contribution in [0.15, 0.2) is 24.3 Å². The Kier molecular flexibility index (Phi) is 4.23. The number of rotatable bonds is 6. The van der Waals surface area contributed by atoms with Gasteiger partial charge in [0.25, 0.3) is 5.91 Å². The standard InChI is InChI=1S/C14H17N3O4/c1-14(8-21-2,7-11(18)19)15-13(20)12-9-5-3-4-6-10(9)16-17-12/h3-6H,7-8H2,1-2H3,(H,15,20)(H,16,17)(H,18,19). The zero-order valence-corrected chi connectivity index (χ0v) is 11.8. The van der Waals surface area contributed by atoms with Gasteiger partial charge in [-0.1, -0.05) is 18.2 Å². The van der Waals surface area contributed by atoms with Crippen molar-refractivity contribution in [3.8, 4) is 0 Å². The van der Waals surface area contributed by atoms with Gasteiger partial charge in [0.1, 0.15) is 0 Å². The second-order valence-corrected chi connectivity index (χ2v) is 5.14. The maximum absolute atomic E-state index is 12.3. The van der Waals surface area contributed by atoms with Gasteiger partial charge in [-0.05, 0) is 13.0 Å². The lowest BCUT2D eigenvalue weighted by atomic mass is 9.98. The Balaban J connectivity index is 2.24. The number of methoxy groups -OCH3 is 1. The average Bonchev–Trinajstić information content (AvgIpc) is 2.81. The summed E-state index contributed by atoms with van der Waals surface area (Å²) in [5, 5.41) is 19.1. The van der Waals surface area contributed by atoms with Gasteiger partial charge in [0, 0.05) is 12.5 Å². The predicted octanol–water partition coefficient (Wildman–Crippen LogP) is 1.17. The van der Waals surface area contributed by atoms with E-state index < -0.39 is 17.4 Å². The van der Waals surface area contributed by atoms with Crippen molar-refractivity contribution in [1.29, 1.82) is 0 Å². The first kappa shape index (κ1) is 15.0. The highest BCUT2D eigenvalue weighted by molar-refractivity contribution is 6.05. The first-order valence-corrected chi connectivity index (χ1v) is 6.41. The van der Waals surface area contributed by atoms with Crippen molar-refractivity contribution >= 4 is 22.8 Å². The number of benzene rings is 1. The topological polar surface area (TPSA) is 104 Å². The molecule has 0 fully saturated rings. The number of amides is 1. The highest BCUT2D eigenvalue weighted by atomic mass is 16.5. The molecule has 0 radical (unpaired) electrons.